The Balaban J connectivity index is 2.25. The fourth-order valence-corrected chi connectivity index (χ4v) is 2.59. The Morgan fingerprint density at radius 3 is 1.80 bits per heavy atom. The fraction of sp³-hybridized carbons (Fsp3) is 0.300. The predicted molar refractivity (Wildman–Crippen MR) is 95.9 cm³/mol. The lowest BCUT2D eigenvalue weighted by atomic mass is 10.0. The van der Waals surface area contributed by atoms with Crippen LogP contribution in [0.1, 0.15) is 39.5 Å². The van der Waals surface area contributed by atoms with E-state index in [1.807, 2.05) is 0 Å². The lowest BCUT2D eigenvalue weighted by Gasteiger charge is -2.17. The van der Waals surface area contributed by atoms with Gasteiger partial charge in [0.2, 0.25) is 0 Å². The molecule has 1 unspecified atom stereocenters. The minimum absolute atomic E-state index is 0.103. The zero-order valence-corrected chi connectivity index (χ0v) is 16.0. The van der Waals surface area contributed by atoms with Crippen LogP contribution in [0.2, 0.25) is 0 Å². The third kappa shape index (κ3) is 5.52. The summed E-state index contributed by atoms with van der Waals surface area (Å²) < 4.78 is 82.3. The van der Waals surface area contributed by atoms with Crippen molar-refractivity contribution in [2.75, 3.05) is 5.32 Å². The summed E-state index contributed by atoms with van der Waals surface area (Å²) in [4.78, 5) is 24.5. The first-order chi connectivity index (χ1) is 13.7. The van der Waals surface area contributed by atoms with Crippen molar-refractivity contribution in [2.45, 2.75) is 39.2 Å². The molecule has 0 saturated heterocycles. The maximum absolute atomic E-state index is 12.9. The van der Waals surface area contributed by atoms with Gasteiger partial charge in [0.25, 0.3) is 5.91 Å². The molecule has 0 radical (unpaired) electrons. The van der Waals surface area contributed by atoms with E-state index in [1.54, 1.807) is 32.0 Å². The number of hydrogen-bond acceptors (Lipinski definition) is 3. The molecule has 0 aliphatic carbocycles. The second-order valence-electron chi connectivity index (χ2n) is 6.60. The smallest absolute Gasteiger partial charge is 0.416 e. The first-order valence-corrected chi connectivity index (χ1v) is 8.57. The average molecular weight is 433 g/mol. The number of rotatable bonds is 4. The van der Waals surface area contributed by atoms with Gasteiger partial charge in [-0.2, -0.15) is 26.3 Å². The summed E-state index contributed by atoms with van der Waals surface area (Å²) in [5, 5.41) is 2.53. The summed E-state index contributed by atoms with van der Waals surface area (Å²) in [5.41, 5.74) is -2.38. The van der Waals surface area contributed by atoms with Crippen molar-refractivity contribution in [2.24, 2.45) is 0 Å². The van der Waals surface area contributed by atoms with Gasteiger partial charge in [0.1, 0.15) is 0 Å². The van der Waals surface area contributed by atoms with Crippen LogP contribution >= 0.6 is 0 Å². The van der Waals surface area contributed by atoms with Crippen molar-refractivity contribution in [3.05, 3.63) is 64.2 Å². The Labute approximate surface area is 167 Å². The molecule has 0 heterocycles. The van der Waals surface area contributed by atoms with E-state index in [-0.39, 0.29) is 18.2 Å². The van der Waals surface area contributed by atoms with Crippen LogP contribution in [0.5, 0.6) is 0 Å². The molecule has 0 aliphatic heterocycles. The number of aryl methyl sites for hydroxylation is 2. The predicted octanol–water partition coefficient (Wildman–Crippen LogP) is 5.53. The van der Waals surface area contributed by atoms with E-state index >= 15 is 0 Å². The molecule has 0 saturated carbocycles. The van der Waals surface area contributed by atoms with Crippen LogP contribution in [0.3, 0.4) is 0 Å². The van der Waals surface area contributed by atoms with Crippen LogP contribution in [0.15, 0.2) is 36.4 Å². The molecule has 1 N–H and O–H groups in total. The lowest BCUT2D eigenvalue weighted by molar-refractivity contribution is -0.143. The van der Waals surface area contributed by atoms with Crippen LogP contribution in [0.25, 0.3) is 0 Å². The normalized spacial score (nSPS) is 13.0. The molecule has 2 rings (SSSR count). The Bertz CT molecular complexity index is 913. The third-order valence-corrected chi connectivity index (χ3v) is 4.21. The number of hydrogen-bond donors (Lipinski definition) is 1. The first-order valence-electron chi connectivity index (χ1n) is 8.57. The molecule has 4 nitrogen and oxygen atoms in total. The van der Waals surface area contributed by atoms with E-state index in [0.29, 0.717) is 5.69 Å². The summed E-state index contributed by atoms with van der Waals surface area (Å²) in [7, 11) is 0. The lowest BCUT2D eigenvalue weighted by Crippen LogP contribution is -2.30. The molecule has 0 aromatic heterocycles. The minimum Gasteiger partial charge on any atom is -0.449 e. The van der Waals surface area contributed by atoms with Crippen molar-refractivity contribution in [1.82, 2.24) is 0 Å². The SMILES string of the molecule is Cc1cccc(C)c1NC(=O)C(C)OC(=O)c1cc(C(F)(F)F)cc(C(F)(F)F)c1. The van der Waals surface area contributed by atoms with Gasteiger partial charge in [0, 0.05) is 5.69 Å². The number of carbonyl (C=O) groups is 2. The molecular weight excluding hydrogens is 416 g/mol. The monoisotopic (exact) mass is 433 g/mol. The molecule has 0 spiro atoms. The Morgan fingerprint density at radius 1 is 0.900 bits per heavy atom. The summed E-state index contributed by atoms with van der Waals surface area (Å²) >= 11 is 0. The Morgan fingerprint density at radius 2 is 1.37 bits per heavy atom. The van der Waals surface area contributed by atoms with Crippen LogP contribution in [0, 0.1) is 13.8 Å². The maximum Gasteiger partial charge on any atom is 0.416 e. The van der Waals surface area contributed by atoms with Crippen molar-refractivity contribution >= 4 is 17.6 Å². The van der Waals surface area contributed by atoms with Gasteiger partial charge in [0.05, 0.1) is 16.7 Å². The number of alkyl halides is 6. The van der Waals surface area contributed by atoms with Crippen molar-refractivity contribution < 1.29 is 40.7 Å². The molecule has 0 aliphatic rings. The minimum atomic E-state index is -5.11. The van der Waals surface area contributed by atoms with Gasteiger partial charge < -0.3 is 10.1 Å². The fourth-order valence-electron chi connectivity index (χ4n) is 2.59. The second kappa shape index (κ2) is 8.37. The molecule has 1 amide bonds. The van der Waals surface area contributed by atoms with Crippen molar-refractivity contribution in [1.29, 1.82) is 0 Å². The molecule has 10 heteroatoms. The highest BCUT2D eigenvalue weighted by atomic mass is 19.4. The molecular formula is C20H17F6NO3. The van der Waals surface area contributed by atoms with Crippen LogP contribution < -0.4 is 5.32 Å². The van der Waals surface area contributed by atoms with Gasteiger partial charge in [-0.1, -0.05) is 18.2 Å². The van der Waals surface area contributed by atoms with E-state index in [0.717, 1.165) is 18.1 Å². The third-order valence-electron chi connectivity index (χ3n) is 4.21. The van der Waals surface area contributed by atoms with Gasteiger partial charge in [-0.25, -0.2) is 4.79 Å². The van der Waals surface area contributed by atoms with E-state index in [1.165, 1.54) is 0 Å². The number of esters is 1. The number of benzene rings is 2. The summed E-state index contributed by atoms with van der Waals surface area (Å²) in [6, 6.07) is 5.59. The number of para-hydroxylation sites is 1. The number of carbonyl (C=O) groups excluding carboxylic acids is 2. The van der Waals surface area contributed by atoms with Gasteiger partial charge in [-0.15, -0.1) is 0 Å². The van der Waals surface area contributed by atoms with E-state index in [2.05, 4.69) is 5.32 Å². The molecule has 2 aromatic carbocycles. The van der Waals surface area contributed by atoms with E-state index < -0.39 is 47.0 Å². The first kappa shape index (κ1) is 23.2. The number of anilines is 1. The topological polar surface area (TPSA) is 55.4 Å². The molecule has 0 fully saturated rings. The highest BCUT2D eigenvalue weighted by molar-refractivity contribution is 5.98. The molecule has 2 aromatic rings. The summed E-state index contributed by atoms with van der Waals surface area (Å²) in [5.74, 6) is -2.28. The quantitative estimate of drug-likeness (QED) is 0.510. The van der Waals surface area contributed by atoms with E-state index in [4.69, 9.17) is 4.74 Å². The summed E-state index contributed by atoms with van der Waals surface area (Å²) in [6.07, 6.45) is -11.7. The molecule has 1 atom stereocenters. The second-order valence-corrected chi connectivity index (χ2v) is 6.60. The highest BCUT2D eigenvalue weighted by Gasteiger charge is 2.38. The number of nitrogens with one attached hydrogen (secondary N) is 1. The van der Waals surface area contributed by atoms with Crippen molar-refractivity contribution in [3.8, 4) is 0 Å². The zero-order chi connectivity index (χ0) is 22.9. The summed E-state index contributed by atoms with van der Waals surface area (Å²) in [6.45, 7) is 4.60. The maximum atomic E-state index is 12.9. The number of amides is 1. The molecule has 30 heavy (non-hydrogen) atoms. The Hall–Kier alpha value is -3.04. The number of halogens is 6. The van der Waals surface area contributed by atoms with Gasteiger partial charge in [-0.05, 0) is 50.1 Å². The largest absolute Gasteiger partial charge is 0.449 e. The van der Waals surface area contributed by atoms with Gasteiger partial charge in [-0.3, -0.25) is 4.79 Å². The van der Waals surface area contributed by atoms with Gasteiger partial charge >= 0.3 is 18.3 Å². The van der Waals surface area contributed by atoms with Crippen LogP contribution in [-0.4, -0.2) is 18.0 Å². The van der Waals surface area contributed by atoms with Crippen LogP contribution in [0.4, 0.5) is 32.0 Å². The van der Waals surface area contributed by atoms with Gasteiger partial charge in [0.15, 0.2) is 6.10 Å². The van der Waals surface area contributed by atoms with Crippen molar-refractivity contribution in [3.63, 3.8) is 0 Å². The molecule has 0 bridgehead atoms. The highest BCUT2D eigenvalue weighted by Crippen LogP contribution is 2.36. The standard InChI is InChI=1S/C20H17F6NO3/c1-10-5-4-6-11(2)16(10)27-17(28)12(3)30-18(29)13-7-14(19(21,22)23)9-15(8-13)20(24,25)26/h4-9,12H,1-3H3,(H,27,28). The average Bonchev–Trinajstić information content (AvgIpc) is 2.62. The Kier molecular flexibility index (Phi) is 6.48. The van der Waals surface area contributed by atoms with Crippen LogP contribution in [-0.2, 0) is 21.9 Å². The molecule has 162 valence electrons. The van der Waals surface area contributed by atoms with E-state index in [9.17, 15) is 35.9 Å². The number of ether oxygens (including phenoxy) is 1. The zero-order valence-electron chi connectivity index (χ0n) is 16.0.